The van der Waals surface area contributed by atoms with E-state index in [1.807, 2.05) is 24.4 Å². The fourth-order valence-electron chi connectivity index (χ4n) is 5.23. The number of phenols is 1. The average Bonchev–Trinajstić information content (AvgIpc) is 2.89. The molecule has 0 amide bonds. The maximum Gasteiger partial charge on any atom is 0.141 e. The molecule has 5 aromatic rings. The van der Waals surface area contributed by atoms with Crippen molar-refractivity contribution in [1.82, 2.24) is 9.97 Å². The molecule has 5 nitrogen and oxygen atoms in total. The van der Waals surface area contributed by atoms with Gasteiger partial charge in [0.15, 0.2) is 0 Å². The van der Waals surface area contributed by atoms with Gasteiger partial charge < -0.3 is 5.11 Å². The Bertz CT molecular complexity index is 1710. The van der Waals surface area contributed by atoms with E-state index >= 15 is 0 Å². The van der Waals surface area contributed by atoms with Gasteiger partial charge in [-0.05, 0) is 72.1 Å². The number of hydrogen-bond acceptors (Lipinski definition) is 5. The van der Waals surface area contributed by atoms with Crippen LogP contribution in [0.4, 0.5) is 17.2 Å². The van der Waals surface area contributed by atoms with Gasteiger partial charge >= 0.3 is 0 Å². The van der Waals surface area contributed by atoms with Crippen LogP contribution in [0.5, 0.6) is 5.75 Å². The van der Waals surface area contributed by atoms with Crippen molar-refractivity contribution in [1.29, 1.82) is 5.26 Å². The van der Waals surface area contributed by atoms with Crippen LogP contribution in [0.15, 0.2) is 85.1 Å². The summed E-state index contributed by atoms with van der Waals surface area (Å²) in [6, 6.07) is 28.1. The Kier molecular flexibility index (Phi) is 4.80. The minimum atomic E-state index is -0.207. The number of anilines is 3. The van der Waals surface area contributed by atoms with E-state index in [0.717, 1.165) is 34.0 Å². The van der Waals surface area contributed by atoms with Gasteiger partial charge in [-0.1, -0.05) is 44.2 Å². The lowest BCUT2D eigenvalue weighted by molar-refractivity contribution is 0.480. The van der Waals surface area contributed by atoms with Crippen molar-refractivity contribution in [3.8, 4) is 23.1 Å². The van der Waals surface area contributed by atoms with Gasteiger partial charge in [-0.25, -0.2) is 9.97 Å². The molecule has 6 rings (SSSR count). The molecule has 3 aromatic carbocycles. The number of aromatic hydroxyl groups is 1. The smallest absolute Gasteiger partial charge is 0.141 e. The number of benzene rings is 3. The number of para-hydroxylation sites is 1. The Balaban J connectivity index is 1.59. The molecular formula is C31H24N4O. The summed E-state index contributed by atoms with van der Waals surface area (Å²) < 4.78 is 0. The molecule has 0 bridgehead atoms. The number of aromatic nitrogens is 2. The highest BCUT2D eigenvalue weighted by atomic mass is 16.3. The SMILES string of the molecule is Cc1ccnc(N2c3ccccc3C(C)(C)c3ccc(-c4ccc5c(C#N)ccc(O)c5n4)cc32)c1. The molecule has 1 aliphatic rings. The number of fused-ring (bicyclic) bond motifs is 3. The van der Waals surface area contributed by atoms with E-state index < -0.39 is 0 Å². The second-order valence-electron chi connectivity index (χ2n) is 9.74. The zero-order valence-corrected chi connectivity index (χ0v) is 20.3. The maximum atomic E-state index is 10.5. The molecule has 0 unspecified atom stereocenters. The molecule has 1 N–H and O–H groups in total. The first-order chi connectivity index (χ1) is 17.4. The average molecular weight is 469 g/mol. The third kappa shape index (κ3) is 3.23. The summed E-state index contributed by atoms with van der Waals surface area (Å²) in [7, 11) is 0. The van der Waals surface area contributed by atoms with Crippen molar-refractivity contribution in [3.63, 3.8) is 0 Å². The van der Waals surface area contributed by atoms with Crippen LogP contribution < -0.4 is 4.90 Å². The van der Waals surface area contributed by atoms with Gasteiger partial charge in [0.1, 0.15) is 17.1 Å². The minimum Gasteiger partial charge on any atom is -0.506 e. The third-order valence-corrected chi connectivity index (χ3v) is 7.11. The Morgan fingerprint density at radius 2 is 1.69 bits per heavy atom. The van der Waals surface area contributed by atoms with Gasteiger partial charge in [0.2, 0.25) is 0 Å². The second-order valence-corrected chi connectivity index (χ2v) is 9.74. The number of rotatable bonds is 2. The standard InChI is InChI=1S/C31H24N4O/c1-19-14-15-33-29(16-19)35-26-7-5-4-6-23(26)31(2,3)24-11-8-20(17-27(24)35)25-12-10-22-21(18-32)9-13-28(36)30(22)34-25/h4-17,36H,1-3H3. The van der Waals surface area contributed by atoms with E-state index in [0.29, 0.717) is 16.5 Å². The summed E-state index contributed by atoms with van der Waals surface area (Å²) in [6.07, 6.45) is 1.84. The first kappa shape index (κ1) is 21.8. The van der Waals surface area contributed by atoms with Crippen molar-refractivity contribution in [2.75, 3.05) is 4.90 Å². The highest BCUT2D eigenvalue weighted by Gasteiger charge is 2.37. The zero-order valence-electron chi connectivity index (χ0n) is 20.3. The van der Waals surface area contributed by atoms with Crippen LogP contribution in [-0.2, 0) is 5.41 Å². The molecule has 0 spiro atoms. The van der Waals surface area contributed by atoms with Crippen molar-refractivity contribution >= 4 is 28.1 Å². The van der Waals surface area contributed by atoms with Gasteiger partial charge in [0.25, 0.3) is 0 Å². The molecule has 3 heterocycles. The van der Waals surface area contributed by atoms with Crippen LogP contribution in [0.1, 0.15) is 36.1 Å². The molecule has 0 saturated heterocycles. The molecule has 0 aliphatic carbocycles. The van der Waals surface area contributed by atoms with Crippen LogP contribution in [-0.4, -0.2) is 15.1 Å². The van der Waals surface area contributed by atoms with Gasteiger partial charge in [0, 0.05) is 22.6 Å². The van der Waals surface area contributed by atoms with Gasteiger partial charge in [-0.3, -0.25) is 4.90 Å². The molecular weight excluding hydrogens is 444 g/mol. The maximum absolute atomic E-state index is 10.5. The summed E-state index contributed by atoms with van der Waals surface area (Å²) in [5, 5.41) is 20.6. The molecule has 0 saturated carbocycles. The lowest BCUT2D eigenvalue weighted by Crippen LogP contribution is -2.31. The topological polar surface area (TPSA) is 73.0 Å². The molecule has 0 fully saturated rings. The highest BCUT2D eigenvalue weighted by molar-refractivity contribution is 5.92. The molecule has 1 aliphatic heterocycles. The van der Waals surface area contributed by atoms with Crippen molar-refractivity contribution in [2.45, 2.75) is 26.2 Å². The molecule has 5 heteroatoms. The van der Waals surface area contributed by atoms with E-state index in [4.69, 9.17) is 9.97 Å². The van der Waals surface area contributed by atoms with Gasteiger partial charge in [0.05, 0.1) is 28.7 Å². The minimum absolute atomic E-state index is 0.0597. The highest BCUT2D eigenvalue weighted by Crippen LogP contribution is 2.52. The lowest BCUT2D eigenvalue weighted by Gasteiger charge is -2.41. The Morgan fingerprint density at radius 3 is 2.50 bits per heavy atom. The summed E-state index contributed by atoms with van der Waals surface area (Å²) in [5.41, 5.74) is 8.08. The lowest BCUT2D eigenvalue weighted by atomic mass is 9.73. The van der Waals surface area contributed by atoms with E-state index in [1.54, 1.807) is 6.07 Å². The predicted octanol–water partition coefficient (Wildman–Crippen LogP) is 7.29. The van der Waals surface area contributed by atoms with Crippen LogP contribution in [0.2, 0.25) is 0 Å². The summed E-state index contributed by atoms with van der Waals surface area (Å²) in [6.45, 7) is 6.57. The number of aryl methyl sites for hydroxylation is 1. The predicted molar refractivity (Wildman–Crippen MR) is 143 cm³/mol. The van der Waals surface area contributed by atoms with Crippen LogP contribution in [0.3, 0.4) is 0 Å². The van der Waals surface area contributed by atoms with Crippen molar-refractivity contribution < 1.29 is 5.11 Å². The fourth-order valence-corrected chi connectivity index (χ4v) is 5.23. The number of pyridine rings is 2. The Hall–Kier alpha value is -4.69. The van der Waals surface area contributed by atoms with E-state index in [-0.39, 0.29) is 11.2 Å². The number of nitriles is 1. The summed E-state index contributed by atoms with van der Waals surface area (Å²) in [5.74, 6) is 0.920. The first-order valence-electron chi connectivity index (χ1n) is 11.9. The van der Waals surface area contributed by atoms with E-state index in [2.05, 4.69) is 80.3 Å². The van der Waals surface area contributed by atoms with Crippen LogP contribution >= 0.6 is 0 Å². The summed E-state index contributed by atoms with van der Waals surface area (Å²) >= 11 is 0. The van der Waals surface area contributed by atoms with E-state index in [9.17, 15) is 10.4 Å². The zero-order chi connectivity index (χ0) is 25.0. The molecule has 2 aromatic heterocycles. The van der Waals surface area contributed by atoms with Crippen LogP contribution in [0.25, 0.3) is 22.2 Å². The Morgan fingerprint density at radius 1 is 0.889 bits per heavy atom. The third-order valence-electron chi connectivity index (χ3n) is 7.11. The number of hydrogen-bond donors (Lipinski definition) is 1. The number of phenolic OH excluding ortho intramolecular Hbond substituents is 1. The van der Waals surface area contributed by atoms with Crippen molar-refractivity contribution in [3.05, 3.63) is 107 Å². The first-order valence-corrected chi connectivity index (χ1v) is 11.9. The largest absolute Gasteiger partial charge is 0.506 e. The van der Waals surface area contributed by atoms with Gasteiger partial charge in [-0.2, -0.15) is 5.26 Å². The van der Waals surface area contributed by atoms with Crippen molar-refractivity contribution in [2.24, 2.45) is 0 Å². The molecule has 174 valence electrons. The number of nitrogens with zero attached hydrogens (tertiary/aromatic N) is 4. The van der Waals surface area contributed by atoms with Crippen LogP contribution in [0, 0.1) is 18.3 Å². The van der Waals surface area contributed by atoms with Gasteiger partial charge in [-0.15, -0.1) is 0 Å². The quantitative estimate of drug-likeness (QED) is 0.294. The van der Waals surface area contributed by atoms with E-state index in [1.165, 1.54) is 17.2 Å². The molecule has 0 atom stereocenters. The molecule has 0 radical (unpaired) electrons. The fraction of sp³-hybridized carbons (Fsp3) is 0.129. The normalized spacial score (nSPS) is 13.7. The summed E-state index contributed by atoms with van der Waals surface area (Å²) in [4.78, 5) is 11.7. The molecule has 36 heavy (non-hydrogen) atoms. The monoisotopic (exact) mass is 468 g/mol. The Labute approximate surface area is 209 Å². The second kappa shape index (κ2) is 7.93.